The van der Waals surface area contributed by atoms with Gasteiger partial charge < -0.3 is 4.90 Å². The first-order valence-electron chi connectivity index (χ1n) is 9.08. The Balaban J connectivity index is 1.48. The summed E-state index contributed by atoms with van der Waals surface area (Å²) in [5, 5.41) is 2.94. The number of anilines is 1. The number of carbonyl (C=O) groups is 2. The summed E-state index contributed by atoms with van der Waals surface area (Å²) < 4.78 is 27.2. The molecule has 150 valence electrons. The van der Waals surface area contributed by atoms with E-state index in [4.69, 9.17) is 0 Å². The lowest BCUT2D eigenvalue weighted by Gasteiger charge is -2.15. The standard InChI is InChI=1S/C20H17F2N3O2S2/c21-13-9-15-17(10-14(13)22)29-20(23-15)24-19(27)12-5-1-2-6-16(12)28-11-18(26)25-7-3-4-8-25/h1-2,5-6,9-10H,3-4,7-8,11H2,(H,23,24,27). The van der Waals surface area contributed by atoms with Crippen molar-refractivity contribution >= 4 is 50.3 Å². The summed E-state index contributed by atoms with van der Waals surface area (Å²) in [6.07, 6.45) is 2.07. The zero-order chi connectivity index (χ0) is 20.4. The van der Waals surface area contributed by atoms with E-state index in [0.717, 1.165) is 49.4 Å². The molecule has 5 nitrogen and oxygen atoms in total. The van der Waals surface area contributed by atoms with Gasteiger partial charge in [0.15, 0.2) is 16.8 Å². The Morgan fingerprint density at radius 3 is 2.66 bits per heavy atom. The van der Waals surface area contributed by atoms with Gasteiger partial charge in [0, 0.05) is 24.1 Å². The van der Waals surface area contributed by atoms with Crippen LogP contribution in [-0.4, -0.2) is 40.5 Å². The van der Waals surface area contributed by atoms with E-state index >= 15 is 0 Å². The molecule has 0 saturated carbocycles. The molecule has 1 N–H and O–H groups in total. The number of halogens is 2. The van der Waals surface area contributed by atoms with Gasteiger partial charge in [-0.2, -0.15) is 0 Å². The molecule has 0 spiro atoms. The minimum Gasteiger partial charge on any atom is -0.342 e. The SMILES string of the molecule is O=C(Nc1nc2cc(F)c(F)cc2s1)c1ccccc1SCC(=O)N1CCCC1. The maximum Gasteiger partial charge on any atom is 0.258 e. The van der Waals surface area contributed by atoms with Gasteiger partial charge in [-0.1, -0.05) is 23.5 Å². The second kappa shape index (κ2) is 8.46. The summed E-state index contributed by atoms with van der Waals surface area (Å²) in [7, 11) is 0. The first-order valence-corrected chi connectivity index (χ1v) is 10.9. The molecule has 0 radical (unpaired) electrons. The predicted octanol–water partition coefficient (Wildman–Crippen LogP) is 4.54. The summed E-state index contributed by atoms with van der Waals surface area (Å²) in [6.45, 7) is 1.58. The van der Waals surface area contributed by atoms with Crippen molar-refractivity contribution in [3.05, 3.63) is 53.6 Å². The number of fused-ring (bicyclic) bond motifs is 1. The molecule has 9 heteroatoms. The summed E-state index contributed by atoms with van der Waals surface area (Å²) in [5.41, 5.74) is 0.700. The van der Waals surface area contributed by atoms with Gasteiger partial charge in [-0.05, 0) is 31.0 Å². The molecule has 0 bridgehead atoms. The Labute approximate surface area is 174 Å². The Hall–Kier alpha value is -2.52. The molecule has 2 heterocycles. The van der Waals surface area contributed by atoms with Gasteiger partial charge in [-0.3, -0.25) is 14.9 Å². The number of hydrogen-bond acceptors (Lipinski definition) is 5. The van der Waals surface area contributed by atoms with Crippen molar-refractivity contribution in [1.82, 2.24) is 9.88 Å². The van der Waals surface area contributed by atoms with E-state index in [2.05, 4.69) is 10.3 Å². The smallest absolute Gasteiger partial charge is 0.258 e. The minimum absolute atomic E-state index is 0.0675. The van der Waals surface area contributed by atoms with Gasteiger partial charge in [0.05, 0.1) is 21.5 Å². The molecule has 29 heavy (non-hydrogen) atoms. The van der Waals surface area contributed by atoms with Crippen LogP contribution >= 0.6 is 23.1 Å². The third-order valence-corrected chi connectivity index (χ3v) is 6.58. The molecule has 0 aliphatic carbocycles. The van der Waals surface area contributed by atoms with Gasteiger partial charge >= 0.3 is 0 Å². The van der Waals surface area contributed by atoms with Crippen molar-refractivity contribution in [2.75, 3.05) is 24.2 Å². The van der Waals surface area contributed by atoms with Gasteiger partial charge in [0.2, 0.25) is 5.91 Å². The van der Waals surface area contributed by atoms with E-state index in [1.807, 2.05) is 11.0 Å². The monoisotopic (exact) mass is 433 g/mol. The molecular formula is C20H17F2N3O2S2. The molecule has 0 unspecified atom stereocenters. The van der Waals surface area contributed by atoms with Crippen molar-refractivity contribution in [2.24, 2.45) is 0 Å². The van der Waals surface area contributed by atoms with Crippen LogP contribution in [0.25, 0.3) is 10.2 Å². The van der Waals surface area contributed by atoms with Crippen LogP contribution in [0.5, 0.6) is 0 Å². The van der Waals surface area contributed by atoms with Crippen LogP contribution in [0.3, 0.4) is 0 Å². The number of benzene rings is 2. The van der Waals surface area contributed by atoms with Crippen molar-refractivity contribution in [2.45, 2.75) is 17.7 Å². The number of hydrogen-bond donors (Lipinski definition) is 1. The fourth-order valence-electron chi connectivity index (χ4n) is 3.12. The highest BCUT2D eigenvalue weighted by Gasteiger charge is 2.20. The molecule has 0 atom stereocenters. The molecule has 2 amide bonds. The van der Waals surface area contributed by atoms with E-state index in [1.165, 1.54) is 11.8 Å². The summed E-state index contributed by atoms with van der Waals surface area (Å²) in [4.78, 5) is 31.7. The van der Waals surface area contributed by atoms with Crippen LogP contribution in [-0.2, 0) is 4.79 Å². The van der Waals surface area contributed by atoms with Crippen molar-refractivity contribution in [1.29, 1.82) is 0 Å². The predicted molar refractivity (Wildman–Crippen MR) is 110 cm³/mol. The maximum atomic E-state index is 13.4. The normalized spacial score (nSPS) is 13.8. The highest BCUT2D eigenvalue weighted by molar-refractivity contribution is 8.00. The lowest BCUT2D eigenvalue weighted by Crippen LogP contribution is -2.29. The third kappa shape index (κ3) is 4.40. The molecular weight excluding hydrogens is 416 g/mol. The third-order valence-electron chi connectivity index (χ3n) is 4.59. The van der Waals surface area contributed by atoms with Gasteiger partial charge in [-0.15, -0.1) is 11.8 Å². The fourth-order valence-corrected chi connectivity index (χ4v) is 4.94. The zero-order valence-electron chi connectivity index (χ0n) is 15.3. The molecule has 3 aromatic rings. The van der Waals surface area contributed by atoms with Crippen LogP contribution in [0.2, 0.25) is 0 Å². The number of nitrogens with zero attached hydrogens (tertiary/aromatic N) is 2. The van der Waals surface area contributed by atoms with Crippen molar-refractivity contribution in [3.63, 3.8) is 0 Å². The van der Waals surface area contributed by atoms with Gasteiger partial charge in [0.1, 0.15) is 0 Å². The molecule has 1 aliphatic heterocycles. The van der Waals surface area contributed by atoms with Crippen LogP contribution in [0, 0.1) is 11.6 Å². The minimum atomic E-state index is -0.981. The maximum absolute atomic E-state index is 13.4. The summed E-state index contributed by atoms with van der Waals surface area (Å²) in [5.74, 6) is -1.99. The van der Waals surface area contributed by atoms with E-state index in [9.17, 15) is 18.4 Å². The fraction of sp³-hybridized carbons (Fsp3) is 0.250. The molecule has 1 fully saturated rings. The molecule has 2 aromatic carbocycles. The Morgan fingerprint density at radius 1 is 1.14 bits per heavy atom. The van der Waals surface area contributed by atoms with E-state index in [0.29, 0.717) is 15.2 Å². The van der Waals surface area contributed by atoms with E-state index in [-0.39, 0.29) is 28.2 Å². The Kier molecular flexibility index (Phi) is 5.77. The first kappa shape index (κ1) is 19.8. The van der Waals surface area contributed by atoms with Crippen LogP contribution < -0.4 is 5.32 Å². The molecule has 1 saturated heterocycles. The second-order valence-corrected chi connectivity index (χ2v) is 8.63. The number of carbonyl (C=O) groups excluding carboxylic acids is 2. The summed E-state index contributed by atoms with van der Waals surface area (Å²) >= 11 is 2.39. The van der Waals surface area contributed by atoms with Gasteiger partial charge in [0.25, 0.3) is 5.91 Å². The van der Waals surface area contributed by atoms with E-state index in [1.54, 1.807) is 18.2 Å². The van der Waals surface area contributed by atoms with Crippen LogP contribution in [0.15, 0.2) is 41.3 Å². The Morgan fingerprint density at radius 2 is 1.86 bits per heavy atom. The van der Waals surface area contributed by atoms with Crippen LogP contribution in [0.1, 0.15) is 23.2 Å². The van der Waals surface area contributed by atoms with E-state index < -0.39 is 11.6 Å². The number of thiazole rings is 1. The lowest BCUT2D eigenvalue weighted by atomic mass is 10.2. The number of amides is 2. The molecule has 1 aliphatic rings. The Bertz CT molecular complexity index is 1040. The number of nitrogens with one attached hydrogen (secondary N) is 1. The zero-order valence-corrected chi connectivity index (χ0v) is 16.9. The summed E-state index contributed by atoms with van der Waals surface area (Å²) in [6, 6.07) is 9.08. The van der Waals surface area contributed by atoms with Crippen molar-refractivity contribution < 1.29 is 18.4 Å². The van der Waals surface area contributed by atoms with Crippen molar-refractivity contribution in [3.8, 4) is 0 Å². The quantitative estimate of drug-likeness (QED) is 0.600. The number of aromatic nitrogens is 1. The second-order valence-electron chi connectivity index (χ2n) is 6.58. The number of likely N-dealkylation sites (tertiary alicyclic amines) is 1. The topological polar surface area (TPSA) is 62.3 Å². The lowest BCUT2D eigenvalue weighted by molar-refractivity contribution is -0.127. The first-order chi connectivity index (χ1) is 14.0. The average Bonchev–Trinajstić information content (AvgIpc) is 3.36. The number of rotatable bonds is 5. The average molecular weight is 434 g/mol. The number of thioether (sulfide) groups is 1. The largest absolute Gasteiger partial charge is 0.342 e. The molecule has 4 rings (SSSR count). The van der Waals surface area contributed by atoms with Crippen LogP contribution in [0.4, 0.5) is 13.9 Å². The van der Waals surface area contributed by atoms with Gasteiger partial charge in [-0.25, -0.2) is 13.8 Å². The molecule has 1 aromatic heterocycles. The highest BCUT2D eigenvalue weighted by atomic mass is 32.2. The highest BCUT2D eigenvalue weighted by Crippen LogP contribution is 2.29.